The average Bonchev–Trinajstić information content (AvgIpc) is 2.74. The molecule has 1 aliphatic rings. The lowest BCUT2D eigenvalue weighted by atomic mass is 9.94. The molecular weight excluding hydrogens is 194 g/mol. The average molecular weight is 209 g/mol. The molecular formula is C10H15N3S. The largest absolute Gasteiger partial charge is 0.271 e. The minimum atomic E-state index is 0.183. The molecule has 1 unspecified atom stereocenters. The van der Waals surface area contributed by atoms with E-state index in [1.807, 2.05) is 11.7 Å². The second kappa shape index (κ2) is 4.68. The van der Waals surface area contributed by atoms with E-state index in [4.69, 9.17) is 5.84 Å². The Bertz CT molecular complexity index is 305. The van der Waals surface area contributed by atoms with Crippen molar-refractivity contribution in [2.75, 3.05) is 0 Å². The summed E-state index contributed by atoms with van der Waals surface area (Å²) in [6.45, 7) is 0. The molecule has 76 valence electrons. The van der Waals surface area contributed by atoms with Crippen molar-refractivity contribution in [1.29, 1.82) is 0 Å². The summed E-state index contributed by atoms with van der Waals surface area (Å²) < 4.78 is 0. The van der Waals surface area contributed by atoms with Crippen molar-refractivity contribution in [3.8, 4) is 0 Å². The van der Waals surface area contributed by atoms with E-state index in [0.717, 1.165) is 6.42 Å². The third-order valence-corrected chi connectivity index (χ3v) is 3.44. The second-order valence-electron chi connectivity index (χ2n) is 3.53. The molecule has 0 saturated heterocycles. The Morgan fingerprint density at radius 2 is 2.43 bits per heavy atom. The van der Waals surface area contributed by atoms with E-state index in [1.165, 1.54) is 29.7 Å². The Morgan fingerprint density at radius 1 is 1.50 bits per heavy atom. The molecule has 1 aromatic rings. The first kappa shape index (κ1) is 9.83. The van der Waals surface area contributed by atoms with Crippen LogP contribution in [-0.2, 0) is 0 Å². The van der Waals surface area contributed by atoms with E-state index < -0.39 is 0 Å². The second-order valence-corrected chi connectivity index (χ2v) is 4.45. The zero-order valence-corrected chi connectivity index (χ0v) is 8.89. The number of hydrogen-bond donors (Lipinski definition) is 2. The molecule has 1 heterocycles. The third-order valence-electron chi connectivity index (χ3n) is 2.60. The zero-order chi connectivity index (χ0) is 9.80. The van der Waals surface area contributed by atoms with Gasteiger partial charge in [0, 0.05) is 11.1 Å². The van der Waals surface area contributed by atoms with Crippen molar-refractivity contribution in [3.05, 3.63) is 28.2 Å². The number of rotatable bonds is 3. The molecule has 4 heteroatoms. The molecule has 1 aliphatic carbocycles. The van der Waals surface area contributed by atoms with E-state index in [2.05, 4.69) is 16.5 Å². The summed E-state index contributed by atoms with van der Waals surface area (Å²) in [6.07, 6.45) is 9.14. The van der Waals surface area contributed by atoms with Crippen LogP contribution < -0.4 is 11.3 Å². The quantitative estimate of drug-likeness (QED) is 0.455. The minimum Gasteiger partial charge on any atom is -0.271 e. The van der Waals surface area contributed by atoms with Crippen LogP contribution in [-0.4, -0.2) is 4.98 Å². The van der Waals surface area contributed by atoms with Gasteiger partial charge in [-0.25, -0.2) is 5.43 Å². The zero-order valence-electron chi connectivity index (χ0n) is 8.07. The molecule has 0 fully saturated rings. The van der Waals surface area contributed by atoms with Crippen molar-refractivity contribution >= 4 is 11.3 Å². The number of allylic oxidation sites excluding steroid dienone is 1. The van der Waals surface area contributed by atoms with Gasteiger partial charge in [0.05, 0.1) is 11.6 Å². The van der Waals surface area contributed by atoms with Gasteiger partial charge < -0.3 is 0 Å². The van der Waals surface area contributed by atoms with Crippen LogP contribution in [0.2, 0.25) is 0 Å². The Kier molecular flexibility index (Phi) is 3.29. The molecule has 0 radical (unpaired) electrons. The van der Waals surface area contributed by atoms with Crippen LogP contribution in [0.5, 0.6) is 0 Å². The van der Waals surface area contributed by atoms with Crippen molar-refractivity contribution in [2.24, 2.45) is 5.84 Å². The highest BCUT2D eigenvalue weighted by Gasteiger charge is 2.17. The molecule has 0 bridgehead atoms. The lowest BCUT2D eigenvalue weighted by Crippen LogP contribution is -2.29. The van der Waals surface area contributed by atoms with Gasteiger partial charge in [0.25, 0.3) is 0 Å². The molecule has 1 atom stereocenters. The summed E-state index contributed by atoms with van der Waals surface area (Å²) in [5.41, 5.74) is 6.15. The van der Waals surface area contributed by atoms with E-state index in [1.54, 1.807) is 11.3 Å². The highest BCUT2D eigenvalue weighted by atomic mass is 32.1. The fourth-order valence-electron chi connectivity index (χ4n) is 1.87. The number of nitrogens with two attached hydrogens (primary N) is 1. The maximum absolute atomic E-state index is 5.58. The number of hydrazine groups is 1. The summed E-state index contributed by atoms with van der Waals surface area (Å²) in [5.74, 6) is 5.58. The predicted molar refractivity (Wildman–Crippen MR) is 58.7 cm³/mol. The summed E-state index contributed by atoms with van der Waals surface area (Å²) in [6, 6.07) is 0.183. The van der Waals surface area contributed by atoms with Gasteiger partial charge in [0.2, 0.25) is 0 Å². The van der Waals surface area contributed by atoms with E-state index >= 15 is 0 Å². The number of hydrogen-bond acceptors (Lipinski definition) is 4. The van der Waals surface area contributed by atoms with Gasteiger partial charge in [-0.05, 0) is 25.7 Å². The number of thiazole rings is 1. The summed E-state index contributed by atoms with van der Waals surface area (Å²) in [7, 11) is 0. The molecule has 3 N–H and O–H groups in total. The van der Waals surface area contributed by atoms with Crippen LogP contribution in [0.1, 0.15) is 36.6 Å². The molecule has 0 spiro atoms. The SMILES string of the molecule is NNC(C1=CCCCC1)c1cncs1. The van der Waals surface area contributed by atoms with Gasteiger partial charge in [-0.3, -0.25) is 10.8 Å². The molecule has 14 heavy (non-hydrogen) atoms. The first-order valence-corrected chi connectivity index (χ1v) is 5.83. The highest BCUT2D eigenvalue weighted by molar-refractivity contribution is 7.09. The summed E-state index contributed by atoms with van der Waals surface area (Å²) in [4.78, 5) is 5.29. The number of nitrogens with zero attached hydrogens (tertiary/aromatic N) is 1. The fourth-order valence-corrected chi connectivity index (χ4v) is 2.59. The lowest BCUT2D eigenvalue weighted by Gasteiger charge is -2.21. The summed E-state index contributed by atoms with van der Waals surface area (Å²) >= 11 is 1.65. The number of nitrogens with one attached hydrogen (secondary N) is 1. The third kappa shape index (κ3) is 2.03. The fraction of sp³-hybridized carbons (Fsp3) is 0.500. The van der Waals surface area contributed by atoms with Gasteiger partial charge in [0.1, 0.15) is 0 Å². The smallest absolute Gasteiger partial charge is 0.0795 e. The molecule has 0 saturated carbocycles. The molecule has 2 rings (SSSR count). The Morgan fingerprint density at radius 3 is 3.00 bits per heavy atom. The molecule has 0 amide bonds. The predicted octanol–water partition coefficient (Wildman–Crippen LogP) is 2.15. The van der Waals surface area contributed by atoms with Gasteiger partial charge >= 0.3 is 0 Å². The monoisotopic (exact) mass is 209 g/mol. The van der Waals surface area contributed by atoms with Gasteiger partial charge in [-0.1, -0.05) is 11.6 Å². The Labute approximate surface area is 88.0 Å². The van der Waals surface area contributed by atoms with Crippen LogP contribution in [0.3, 0.4) is 0 Å². The van der Waals surface area contributed by atoms with Crippen LogP contribution >= 0.6 is 11.3 Å². The van der Waals surface area contributed by atoms with Crippen LogP contribution in [0.15, 0.2) is 23.4 Å². The van der Waals surface area contributed by atoms with Gasteiger partial charge in [0.15, 0.2) is 0 Å². The molecule has 0 aliphatic heterocycles. The Hall–Kier alpha value is -0.710. The van der Waals surface area contributed by atoms with Crippen molar-refractivity contribution < 1.29 is 0 Å². The normalized spacial score (nSPS) is 19.1. The number of aromatic nitrogens is 1. The van der Waals surface area contributed by atoms with Crippen LogP contribution in [0.4, 0.5) is 0 Å². The molecule has 1 aromatic heterocycles. The van der Waals surface area contributed by atoms with Crippen LogP contribution in [0.25, 0.3) is 0 Å². The van der Waals surface area contributed by atoms with E-state index in [0.29, 0.717) is 0 Å². The minimum absolute atomic E-state index is 0.183. The van der Waals surface area contributed by atoms with E-state index in [-0.39, 0.29) is 6.04 Å². The maximum Gasteiger partial charge on any atom is 0.0795 e. The first-order chi connectivity index (χ1) is 6.92. The molecule has 3 nitrogen and oxygen atoms in total. The standard InChI is InChI=1S/C10H15N3S/c11-13-10(9-6-12-7-14-9)8-4-2-1-3-5-8/h4,6-7,10,13H,1-3,5,11H2. The van der Waals surface area contributed by atoms with Gasteiger partial charge in [-0.15, -0.1) is 11.3 Å². The van der Waals surface area contributed by atoms with Gasteiger partial charge in [-0.2, -0.15) is 0 Å². The maximum atomic E-state index is 5.58. The van der Waals surface area contributed by atoms with Crippen molar-refractivity contribution in [1.82, 2.24) is 10.4 Å². The summed E-state index contributed by atoms with van der Waals surface area (Å²) in [5, 5.41) is 0. The lowest BCUT2D eigenvalue weighted by molar-refractivity contribution is 0.571. The van der Waals surface area contributed by atoms with Crippen LogP contribution in [0, 0.1) is 0 Å². The Balaban J connectivity index is 2.16. The van der Waals surface area contributed by atoms with Crippen molar-refractivity contribution in [2.45, 2.75) is 31.7 Å². The van der Waals surface area contributed by atoms with Crippen molar-refractivity contribution in [3.63, 3.8) is 0 Å². The molecule has 0 aromatic carbocycles. The topological polar surface area (TPSA) is 50.9 Å². The first-order valence-electron chi connectivity index (χ1n) is 4.95. The van der Waals surface area contributed by atoms with E-state index in [9.17, 15) is 0 Å². The highest BCUT2D eigenvalue weighted by Crippen LogP contribution is 2.30.